The van der Waals surface area contributed by atoms with Crippen LogP contribution in [-0.4, -0.2) is 17.6 Å². The van der Waals surface area contributed by atoms with Crippen LogP contribution in [-0.2, 0) is 22.6 Å². The Bertz CT molecular complexity index is 931. The van der Waals surface area contributed by atoms with Gasteiger partial charge in [0.05, 0.1) is 22.6 Å². The van der Waals surface area contributed by atoms with Crippen molar-refractivity contribution in [3.05, 3.63) is 70.8 Å². The molecule has 33 heavy (non-hydrogen) atoms. The van der Waals surface area contributed by atoms with E-state index >= 15 is 0 Å². The summed E-state index contributed by atoms with van der Waals surface area (Å²) >= 11 is 0. The molecular weight excluding hydrogens is 448 g/mol. The number of carbonyl (C=O) groups excluding carboxylic acids is 1. The van der Waals surface area contributed by atoms with Gasteiger partial charge in [0.25, 0.3) is 0 Å². The molecule has 2 aromatic carbocycles. The smallest absolute Gasteiger partial charge is 0.396 e. The number of alkyl halides is 6. The van der Waals surface area contributed by atoms with E-state index in [1.165, 1.54) is 6.92 Å². The Kier molecular flexibility index (Phi) is 7.12. The summed E-state index contributed by atoms with van der Waals surface area (Å²) in [5.41, 5.74) is -3.37. The molecule has 1 amide bonds. The molecule has 0 spiro atoms. The first-order valence-corrected chi connectivity index (χ1v) is 10.6. The minimum atomic E-state index is -4.96. The van der Waals surface area contributed by atoms with Crippen LogP contribution in [0.15, 0.2) is 48.5 Å². The zero-order valence-electron chi connectivity index (χ0n) is 17.9. The number of hydrogen-bond acceptors (Lipinski definition) is 2. The first kappa shape index (κ1) is 25.1. The summed E-state index contributed by atoms with van der Waals surface area (Å²) in [4.78, 5) is 13.4. The molecule has 9 heteroatoms. The molecular formula is C24H25F6NO2. The fourth-order valence-electron chi connectivity index (χ4n) is 4.40. The molecule has 0 aliphatic heterocycles. The second-order valence-corrected chi connectivity index (χ2v) is 8.61. The van der Waals surface area contributed by atoms with E-state index in [4.69, 9.17) is 0 Å². The molecule has 0 bridgehead atoms. The number of carbonyl (C=O) groups is 1. The van der Waals surface area contributed by atoms with Gasteiger partial charge < -0.3 is 10.4 Å². The first-order chi connectivity index (χ1) is 15.4. The quantitative estimate of drug-likeness (QED) is 0.522. The highest BCUT2D eigenvalue weighted by Gasteiger charge is 2.44. The number of aliphatic hydroxyl groups is 1. The number of nitrogens with one attached hydrogen (secondary N) is 1. The van der Waals surface area contributed by atoms with Gasteiger partial charge in [-0.1, -0.05) is 30.3 Å². The van der Waals surface area contributed by atoms with Gasteiger partial charge >= 0.3 is 12.4 Å². The summed E-state index contributed by atoms with van der Waals surface area (Å²) in [5.74, 6) is -0.409. The number of amides is 1. The maximum absolute atomic E-state index is 13.4. The van der Waals surface area contributed by atoms with Gasteiger partial charge in [-0.2, -0.15) is 26.3 Å². The third-order valence-corrected chi connectivity index (χ3v) is 6.44. The fourth-order valence-corrected chi connectivity index (χ4v) is 4.40. The molecule has 1 atom stereocenters. The van der Waals surface area contributed by atoms with E-state index < -0.39 is 40.8 Å². The van der Waals surface area contributed by atoms with E-state index in [9.17, 15) is 36.2 Å². The van der Waals surface area contributed by atoms with Gasteiger partial charge in [-0.25, -0.2) is 0 Å². The summed E-state index contributed by atoms with van der Waals surface area (Å²) in [6, 6.07) is 9.17. The van der Waals surface area contributed by atoms with Crippen LogP contribution >= 0.6 is 0 Å². The van der Waals surface area contributed by atoms with Gasteiger partial charge in [0, 0.05) is 6.61 Å². The Hall–Kier alpha value is -2.55. The van der Waals surface area contributed by atoms with Crippen molar-refractivity contribution in [1.82, 2.24) is 5.32 Å². The lowest BCUT2D eigenvalue weighted by Crippen LogP contribution is -2.47. The largest absolute Gasteiger partial charge is 0.416 e. The molecule has 3 nitrogen and oxygen atoms in total. The highest BCUT2D eigenvalue weighted by atomic mass is 19.4. The molecule has 1 unspecified atom stereocenters. The van der Waals surface area contributed by atoms with E-state index in [0.29, 0.717) is 37.8 Å². The Labute approximate surface area is 187 Å². The minimum absolute atomic E-state index is 0.00660. The Morgan fingerprint density at radius 2 is 1.52 bits per heavy atom. The number of rotatable bonds is 5. The van der Waals surface area contributed by atoms with E-state index in [2.05, 4.69) is 5.32 Å². The van der Waals surface area contributed by atoms with Crippen LogP contribution in [0.1, 0.15) is 60.9 Å². The Morgan fingerprint density at radius 3 is 1.97 bits per heavy atom. The predicted molar refractivity (Wildman–Crippen MR) is 110 cm³/mol. The average molecular weight is 473 g/mol. The number of aliphatic hydroxyl groups excluding tert-OH is 1. The standard InChI is InChI=1S/C24H25F6NO2/c1-15(17-11-19(23(25,26)27)13-20(12-17)24(28,29)30)31-21(33)22(18-5-3-2-4-6-18)9-7-16(14-32)8-10-22/h2-6,11-13,15-16,32H,7-10,14H2,1H3,(H,31,33). The monoisotopic (exact) mass is 473 g/mol. The molecule has 3 rings (SSSR count). The highest BCUT2D eigenvalue weighted by molar-refractivity contribution is 5.88. The summed E-state index contributed by atoms with van der Waals surface area (Å²) < 4.78 is 79.4. The van der Waals surface area contributed by atoms with Gasteiger partial charge in [0.15, 0.2) is 0 Å². The predicted octanol–water partition coefficient (Wildman–Crippen LogP) is 6.02. The summed E-state index contributed by atoms with van der Waals surface area (Å²) in [6.45, 7) is 1.36. The molecule has 0 heterocycles. The fraction of sp³-hybridized carbons (Fsp3) is 0.458. The van der Waals surface area contributed by atoms with Crippen molar-refractivity contribution in [3.8, 4) is 0 Å². The Morgan fingerprint density at radius 1 is 1.00 bits per heavy atom. The lowest BCUT2D eigenvalue weighted by molar-refractivity contribution is -0.143. The van der Waals surface area contributed by atoms with Crippen molar-refractivity contribution in [2.24, 2.45) is 5.92 Å². The van der Waals surface area contributed by atoms with Crippen LogP contribution in [0.4, 0.5) is 26.3 Å². The maximum Gasteiger partial charge on any atom is 0.416 e. The van der Waals surface area contributed by atoms with E-state index in [0.717, 1.165) is 5.56 Å². The maximum atomic E-state index is 13.4. The second kappa shape index (κ2) is 9.37. The van der Waals surface area contributed by atoms with Crippen molar-refractivity contribution >= 4 is 5.91 Å². The van der Waals surface area contributed by atoms with Crippen molar-refractivity contribution < 1.29 is 36.2 Å². The van der Waals surface area contributed by atoms with Crippen LogP contribution < -0.4 is 5.32 Å². The van der Waals surface area contributed by atoms with Crippen LogP contribution in [0.5, 0.6) is 0 Å². The van der Waals surface area contributed by atoms with Crippen LogP contribution in [0, 0.1) is 5.92 Å². The summed E-state index contributed by atoms with van der Waals surface area (Å²) in [5, 5.41) is 12.1. The molecule has 180 valence electrons. The van der Waals surface area contributed by atoms with Gasteiger partial charge in [-0.05, 0) is 67.9 Å². The van der Waals surface area contributed by atoms with E-state index in [-0.39, 0.29) is 24.2 Å². The molecule has 1 aliphatic carbocycles. The van der Waals surface area contributed by atoms with Crippen LogP contribution in [0.3, 0.4) is 0 Å². The van der Waals surface area contributed by atoms with Crippen LogP contribution in [0.25, 0.3) is 0 Å². The third kappa shape index (κ3) is 5.51. The lowest BCUT2D eigenvalue weighted by atomic mass is 9.66. The first-order valence-electron chi connectivity index (χ1n) is 10.6. The number of hydrogen-bond donors (Lipinski definition) is 2. The summed E-state index contributed by atoms with van der Waals surface area (Å²) in [7, 11) is 0. The zero-order chi connectivity index (χ0) is 24.4. The molecule has 1 aliphatic rings. The molecule has 0 radical (unpaired) electrons. The number of benzene rings is 2. The molecule has 1 fully saturated rings. The Balaban J connectivity index is 1.94. The topological polar surface area (TPSA) is 49.3 Å². The second-order valence-electron chi connectivity index (χ2n) is 8.61. The molecule has 2 aromatic rings. The van der Waals surface area contributed by atoms with Gasteiger partial charge in [0.2, 0.25) is 5.91 Å². The van der Waals surface area contributed by atoms with Crippen molar-refractivity contribution in [2.75, 3.05) is 6.61 Å². The van der Waals surface area contributed by atoms with Crippen molar-refractivity contribution in [2.45, 2.75) is 56.4 Å². The summed E-state index contributed by atoms with van der Waals surface area (Å²) in [6.07, 6.45) is -7.94. The number of halogens is 6. The average Bonchev–Trinajstić information content (AvgIpc) is 2.78. The third-order valence-electron chi connectivity index (χ3n) is 6.44. The minimum Gasteiger partial charge on any atom is -0.396 e. The highest BCUT2D eigenvalue weighted by Crippen LogP contribution is 2.43. The van der Waals surface area contributed by atoms with Gasteiger partial charge in [-0.3, -0.25) is 4.79 Å². The lowest BCUT2D eigenvalue weighted by Gasteiger charge is -2.39. The van der Waals surface area contributed by atoms with Crippen molar-refractivity contribution in [1.29, 1.82) is 0 Å². The van der Waals surface area contributed by atoms with Gasteiger partial charge in [-0.15, -0.1) is 0 Å². The SMILES string of the molecule is CC(NC(=O)C1(c2ccccc2)CCC(CO)CC1)c1cc(C(F)(F)F)cc(C(F)(F)F)c1. The molecule has 0 saturated heterocycles. The van der Waals surface area contributed by atoms with Crippen LogP contribution in [0.2, 0.25) is 0 Å². The van der Waals surface area contributed by atoms with Crippen molar-refractivity contribution in [3.63, 3.8) is 0 Å². The van der Waals surface area contributed by atoms with E-state index in [1.54, 1.807) is 30.3 Å². The normalized spacial score (nSPS) is 22.6. The zero-order valence-corrected chi connectivity index (χ0v) is 17.9. The molecule has 2 N–H and O–H groups in total. The molecule has 1 saturated carbocycles. The van der Waals surface area contributed by atoms with E-state index in [1.807, 2.05) is 0 Å². The van der Waals surface area contributed by atoms with Gasteiger partial charge in [0.1, 0.15) is 0 Å². The molecule has 0 aromatic heterocycles.